The molecule has 0 bridgehead atoms. The van der Waals surface area contributed by atoms with Gasteiger partial charge in [-0.15, -0.1) is 0 Å². The number of sulfone groups is 1. The van der Waals surface area contributed by atoms with Crippen LogP contribution in [-0.4, -0.2) is 20.5 Å². The quantitative estimate of drug-likeness (QED) is 0.733. The maximum atomic E-state index is 12.8. The maximum absolute atomic E-state index is 12.8. The van der Waals surface area contributed by atoms with E-state index in [-0.39, 0.29) is 9.79 Å². The van der Waals surface area contributed by atoms with Crippen molar-refractivity contribution in [2.45, 2.75) is 9.79 Å². The third kappa shape index (κ3) is 2.53. The molecule has 112 valence electrons. The molecule has 0 unspecified atom stereocenters. The zero-order valence-corrected chi connectivity index (χ0v) is 13.2. The number of fused-ring (bicyclic) bond motifs is 1. The van der Waals surface area contributed by atoms with Gasteiger partial charge < -0.3 is 4.74 Å². The molecule has 0 saturated heterocycles. The van der Waals surface area contributed by atoms with Crippen molar-refractivity contribution in [2.24, 2.45) is 0 Å². The number of hydrogen-bond donors (Lipinski definition) is 0. The van der Waals surface area contributed by atoms with Crippen molar-refractivity contribution in [3.63, 3.8) is 0 Å². The van der Waals surface area contributed by atoms with Gasteiger partial charge in [-0.2, -0.15) is 0 Å². The molecular formula is C16H12ClNO3S. The molecule has 22 heavy (non-hydrogen) atoms. The number of nitrogens with zero attached hydrogens (tertiary/aromatic N) is 1. The Morgan fingerprint density at radius 2 is 1.77 bits per heavy atom. The largest absolute Gasteiger partial charge is 0.497 e. The minimum absolute atomic E-state index is 0.204. The lowest BCUT2D eigenvalue weighted by atomic mass is 10.2. The molecule has 3 rings (SSSR count). The summed E-state index contributed by atoms with van der Waals surface area (Å²) < 4.78 is 30.7. The summed E-state index contributed by atoms with van der Waals surface area (Å²) in [5, 5.41) is 1.06. The van der Waals surface area contributed by atoms with Gasteiger partial charge in [0.25, 0.3) is 0 Å². The fraction of sp³-hybridized carbons (Fsp3) is 0.0625. The van der Waals surface area contributed by atoms with E-state index in [2.05, 4.69) is 4.98 Å². The van der Waals surface area contributed by atoms with Crippen LogP contribution in [-0.2, 0) is 9.84 Å². The van der Waals surface area contributed by atoms with E-state index in [1.807, 2.05) is 0 Å². The van der Waals surface area contributed by atoms with Crippen molar-refractivity contribution < 1.29 is 13.2 Å². The molecule has 0 N–H and O–H groups in total. The van der Waals surface area contributed by atoms with E-state index >= 15 is 0 Å². The first kappa shape index (κ1) is 14.8. The third-order valence-electron chi connectivity index (χ3n) is 3.32. The van der Waals surface area contributed by atoms with Gasteiger partial charge in [0.05, 0.1) is 22.4 Å². The van der Waals surface area contributed by atoms with E-state index in [1.54, 1.807) is 30.3 Å². The number of aromatic nitrogens is 1. The molecule has 0 spiro atoms. The molecule has 0 atom stereocenters. The zero-order valence-electron chi connectivity index (χ0n) is 11.7. The molecule has 1 aromatic heterocycles. The van der Waals surface area contributed by atoms with Crippen molar-refractivity contribution in [2.75, 3.05) is 7.11 Å². The van der Waals surface area contributed by atoms with Crippen LogP contribution < -0.4 is 4.74 Å². The van der Waals surface area contributed by atoms with E-state index in [4.69, 9.17) is 16.3 Å². The van der Waals surface area contributed by atoms with Gasteiger partial charge in [-0.3, -0.25) is 4.98 Å². The minimum Gasteiger partial charge on any atom is -0.497 e. The van der Waals surface area contributed by atoms with Crippen molar-refractivity contribution in [3.05, 3.63) is 59.8 Å². The highest BCUT2D eigenvalue weighted by Gasteiger charge is 2.20. The van der Waals surface area contributed by atoms with Crippen LogP contribution in [0.15, 0.2) is 64.5 Å². The monoisotopic (exact) mass is 333 g/mol. The molecule has 0 aliphatic rings. The van der Waals surface area contributed by atoms with Crippen molar-refractivity contribution in [3.8, 4) is 5.75 Å². The van der Waals surface area contributed by atoms with Crippen LogP contribution in [0.25, 0.3) is 10.9 Å². The lowest BCUT2D eigenvalue weighted by Gasteiger charge is -2.08. The topological polar surface area (TPSA) is 56.3 Å². The van der Waals surface area contributed by atoms with Crippen LogP contribution in [0.2, 0.25) is 5.02 Å². The number of methoxy groups -OCH3 is 1. The Hall–Kier alpha value is -2.11. The smallest absolute Gasteiger partial charge is 0.207 e. The minimum atomic E-state index is -3.64. The first-order chi connectivity index (χ1) is 10.5. The average Bonchev–Trinajstić information content (AvgIpc) is 2.54. The van der Waals surface area contributed by atoms with E-state index in [0.717, 1.165) is 0 Å². The molecule has 0 aliphatic carbocycles. The number of hydrogen-bond acceptors (Lipinski definition) is 4. The summed E-state index contributed by atoms with van der Waals surface area (Å²) in [7, 11) is -2.11. The summed E-state index contributed by atoms with van der Waals surface area (Å²) >= 11 is 5.93. The van der Waals surface area contributed by atoms with Gasteiger partial charge >= 0.3 is 0 Å². The molecule has 0 radical (unpaired) electrons. The Morgan fingerprint density at radius 1 is 1.05 bits per heavy atom. The number of halogens is 1. The van der Waals surface area contributed by atoms with Gasteiger partial charge in [0.2, 0.25) is 9.84 Å². The standard InChI is InChI=1S/C16H12ClNO3S/c1-21-12-3-5-13(6-4-12)22(19,20)16-8-9-18-15-10-11(17)2-7-14(15)16/h2-10H,1H3. The van der Waals surface area contributed by atoms with Gasteiger partial charge in [0.1, 0.15) is 5.75 Å². The Balaban J connectivity index is 2.20. The van der Waals surface area contributed by atoms with Crippen LogP contribution in [0.1, 0.15) is 0 Å². The van der Waals surface area contributed by atoms with Crippen LogP contribution >= 0.6 is 11.6 Å². The van der Waals surface area contributed by atoms with E-state index < -0.39 is 9.84 Å². The van der Waals surface area contributed by atoms with E-state index in [1.165, 1.54) is 31.5 Å². The molecular weight excluding hydrogens is 322 g/mol. The van der Waals surface area contributed by atoms with Crippen molar-refractivity contribution in [1.82, 2.24) is 4.98 Å². The average molecular weight is 334 g/mol. The number of benzene rings is 2. The zero-order chi connectivity index (χ0) is 15.7. The van der Waals surface area contributed by atoms with Gasteiger partial charge in [-0.25, -0.2) is 8.42 Å². The Kier molecular flexibility index (Phi) is 3.76. The Bertz CT molecular complexity index is 937. The molecule has 6 heteroatoms. The van der Waals surface area contributed by atoms with Gasteiger partial charge in [0.15, 0.2) is 0 Å². The Labute approximate surface area is 133 Å². The van der Waals surface area contributed by atoms with E-state index in [9.17, 15) is 8.42 Å². The highest BCUT2D eigenvalue weighted by atomic mass is 35.5. The lowest BCUT2D eigenvalue weighted by Crippen LogP contribution is -2.03. The van der Waals surface area contributed by atoms with Gasteiger partial charge in [0, 0.05) is 16.6 Å². The fourth-order valence-corrected chi connectivity index (χ4v) is 3.83. The molecule has 0 fully saturated rings. The highest BCUT2D eigenvalue weighted by molar-refractivity contribution is 7.91. The molecule has 0 saturated carbocycles. The number of ether oxygens (including phenoxy) is 1. The summed E-state index contributed by atoms with van der Waals surface area (Å²) in [6.45, 7) is 0. The van der Waals surface area contributed by atoms with Crippen LogP contribution in [0.3, 0.4) is 0 Å². The van der Waals surface area contributed by atoms with Gasteiger partial charge in [-0.05, 0) is 42.5 Å². The summed E-state index contributed by atoms with van der Waals surface area (Å²) in [6.07, 6.45) is 1.47. The first-order valence-electron chi connectivity index (χ1n) is 6.46. The molecule has 0 aliphatic heterocycles. The SMILES string of the molecule is COc1ccc(S(=O)(=O)c2ccnc3cc(Cl)ccc23)cc1. The van der Waals surface area contributed by atoms with Crippen LogP contribution in [0.5, 0.6) is 5.75 Å². The Morgan fingerprint density at radius 3 is 2.45 bits per heavy atom. The predicted molar refractivity (Wildman–Crippen MR) is 85.2 cm³/mol. The summed E-state index contributed by atoms with van der Waals surface area (Å²) in [5.41, 5.74) is 0.544. The lowest BCUT2D eigenvalue weighted by molar-refractivity contribution is 0.414. The first-order valence-corrected chi connectivity index (χ1v) is 8.32. The molecule has 0 amide bonds. The van der Waals surface area contributed by atoms with Crippen molar-refractivity contribution in [1.29, 1.82) is 0 Å². The summed E-state index contributed by atoms with van der Waals surface area (Å²) in [4.78, 5) is 4.58. The summed E-state index contributed by atoms with van der Waals surface area (Å²) in [5.74, 6) is 0.602. The molecule has 3 aromatic rings. The van der Waals surface area contributed by atoms with Crippen LogP contribution in [0.4, 0.5) is 0 Å². The predicted octanol–water partition coefficient (Wildman–Crippen LogP) is 3.73. The second kappa shape index (κ2) is 5.59. The highest BCUT2D eigenvalue weighted by Crippen LogP contribution is 2.29. The van der Waals surface area contributed by atoms with E-state index in [0.29, 0.717) is 21.7 Å². The molecule has 2 aromatic carbocycles. The maximum Gasteiger partial charge on any atom is 0.207 e. The van der Waals surface area contributed by atoms with Crippen LogP contribution in [0, 0.1) is 0 Å². The fourth-order valence-electron chi connectivity index (χ4n) is 2.21. The van der Waals surface area contributed by atoms with Crippen molar-refractivity contribution >= 4 is 32.3 Å². The number of rotatable bonds is 3. The number of pyridine rings is 1. The molecule has 1 heterocycles. The second-order valence-electron chi connectivity index (χ2n) is 4.65. The summed E-state index contributed by atoms with van der Waals surface area (Å²) in [6, 6.07) is 12.7. The molecule has 4 nitrogen and oxygen atoms in total. The van der Waals surface area contributed by atoms with Gasteiger partial charge in [-0.1, -0.05) is 17.7 Å². The second-order valence-corrected chi connectivity index (χ2v) is 7.00. The normalized spacial score (nSPS) is 11.5. The third-order valence-corrected chi connectivity index (χ3v) is 5.39.